The van der Waals surface area contributed by atoms with E-state index in [0.717, 1.165) is 0 Å². The predicted octanol–water partition coefficient (Wildman–Crippen LogP) is 1.66. The van der Waals surface area contributed by atoms with E-state index < -0.39 is 24.7 Å². The van der Waals surface area contributed by atoms with Gasteiger partial charge in [-0.15, -0.1) is 0 Å². The minimum Gasteiger partial charge on any atom is -0.465 e. The highest BCUT2D eigenvalue weighted by Crippen LogP contribution is 2.15. The molecule has 0 amide bonds. The quantitative estimate of drug-likeness (QED) is 0.522. The van der Waals surface area contributed by atoms with Crippen molar-refractivity contribution in [2.24, 2.45) is 5.92 Å². The summed E-state index contributed by atoms with van der Waals surface area (Å²) >= 11 is 0. The summed E-state index contributed by atoms with van der Waals surface area (Å²) in [4.78, 5) is 11.0. The standard InChI is InChI=1S/C9H12F3NO3/c1-2-16-8(14)7(5-13)3-4-15-6-9(10,11)12/h7H,2-4,6H2,1H3. The zero-order valence-electron chi connectivity index (χ0n) is 8.71. The molecule has 0 heterocycles. The summed E-state index contributed by atoms with van der Waals surface area (Å²) in [7, 11) is 0. The van der Waals surface area contributed by atoms with Gasteiger partial charge in [-0.05, 0) is 13.3 Å². The molecule has 0 radical (unpaired) electrons. The van der Waals surface area contributed by atoms with Crippen molar-refractivity contribution in [3.8, 4) is 6.07 Å². The summed E-state index contributed by atoms with van der Waals surface area (Å²) in [6.07, 6.45) is -4.50. The Morgan fingerprint density at radius 2 is 2.12 bits per heavy atom. The lowest BCUT2D eigenvalue weighted by Gasteiger charge is -2.10. The molecule has 92 valence electrons. The number of rotatable bonds is 6. The molecule has 1 atom stereocenters. The molecule has 4 nitrogen and oxygen atoms in total. The fraction of sp³-hybridized carbons (Fsp3) is 0.778. The van der Waals surface area contributed by atoms with Crippen molar-refractivity contribution in [3.63, 3.8) is 0 Å². The second-order valence-corrected chi connectivity index (χ2v) is 2.89. The van der Waals surface area contributed by atoms with Crippen molar-refractivity contribution in [2.75, 3.05) is 19.8 Å². The van der Waals surface area contributed by atoms with Gasteiger partial charge in [0.25, 0.3) is 0 Å². The van der Waals surface area contributed by atoms with E-state index in [9.17, 15) is 18.0 Å². The molecule has 0 N–H and O–H groups in total. The van der Waals surface area contributed by atoms with E-state index >= 15 is 0 Å². The van der Waals surface area contributed by atoms with E-state index in [1.165, 1.54) is 0 Å². The van der Waals surface area contributed by atoms with Crippen molar-refractivity contribution < 1.29 is 27.4 Å². The Balaban J connectivity index is 3.81. The summed E-state index contributed by atoms with van der Waals surface area (Å²) in [6.45, 7) is 0.0113. The van der Waals surface area contributed by atoms with Crippen LogP contribution < -0.4 is 0 Å². The van der Waals surface area contributed by atoms with E-state index in [1.807, 2.05) is 0 Å². The van der Waals surface area contributed by atoms with Crippen molar-refractivity contribution >= 4 is 5.97 Å². The van der Waals surface area contributed by atoms with Crippen LogP contribution in [0.1, 0.15) is 13.3 Å². The largest absolute Gasteiger partial charge is 0.465 e. The fourth-order valence-corrected chi connectivity index (χ4v) is 0.867. The predicted molar refractivity (Wildman–Crippen MR) is 47.2 cm³/mol. The Morgan fingerprint density at radius 1 is 1.50 bits per heavy atom. The highest BCUT2D eigenvalue weighted by atomic mass is 19.4. The molecule has 7 heteroatoms. The minimum atomic E-state index is -4.40. The third kappa shape index (κ3) is 7.06. The number of halogens is 3. The average Bonchev–Trinajstić information content (AvgIpc) is 2.16. The van der Waals surface area contributed by atoms with Gasteiger partial charge in [-0.2, -0.15) is 18.4 Å². The van der Waals surface area contributed by atoms with Crippen molar-refractivity contribution in [3.05, 3.63) is 0 Å². The van der Waals surface area contributed by atoms with Crippen LogP contribution in [-0.4, -0.2) is 32.0 Å². The van der Waals surface area contributed by atoms with Crippen molar-refractivity contribution in [1.82, 2.24) is 0 Å². The highest BCUT2D eigenvalue weighted by molar-refractivity contribution is 5.75. The molecule has 0 saturated heterocycles. The molecular formula is C9H12F3NO3. The first-order chi connectivity index (χ1) is 7.40. The van der Waals surface area contributed by atoms with Gasteiger partial charge in [0, 0.05) is 6.61 Å². The van der Waals surface area contributed by atoms with E-state index in [2.05, 4.69) is 9.47 Å². The lowest BCUT2D eigenvalue weighted by molar-refractivity contribution is -0.174. The highest BCUT2D eigenvalue weighted by Gasteiger charge is 2.28. The minimum absolute atomic E-state index is 0.106. The molecule has 0 rings (SSSR count). The van der Waals surface area contributed by atoms with Crippen LogP contribution in [0.5, 0.6) is 0 Å². The Bertz CT molecular complexity index is 260. The number of ether oxygens (including phenoxy) is 2. The van der Waals surface area contributed by atoms with Gasteiger partial charge in [-0.25, -0.2) is 0 Å². The van der Waals surface area contributed by atoms with E-state index in [0.29, 0.717) is 0 Å². The molecule has 0 aromatic heterocycles. The fourth-order valence-electron chi connectivity index (χ4n) is 0.867. The van der Waals surface area contributed by atoms with E-state index in [-0.39, 0.29) is 19.6 Å². The summed E-state index contributed by atoms with van der Waals surface area (Å²) in [5.74, 6) is -1.81. The number of carbonyl (C=O) groups is 1. The maximum Gasteiger partial charge on any atom is 0.411 e. The van der Waals surface area contributed by atoms with Crippen LogP contribution in [0, 0.1) is 17.2 Å². The second-order valence-electron chi connectivity index (χ2n) is 2.89. The van der Waals surface area contributed by atoms with Gasteiger partial charge in [0.05, 0.1) is 12.7 Å². The molecular weight excluding hydrogens is 227 g/mol. The molecule has 1 unspecified atom stereocenters. The molecule has 0 fully saturated rings. The molecule has 0 aliphatic heterocycles. The van der Waals surface area contributed by atoms with Gasteiger partial charge in [0.15, 0.2) is 0 Å². The first kappa shape index (κ1) is 14.7. The van der Waals surface area contributed by atoms with Crippen LogP contribution in [0.4, 0.5) is 13.2 Å². The summed E-state index contributed by atoms with van der Waals surface area (Å²) in [6, 6.07) is 1.65. The van der Waals surface area contributed by atoms with E-state index in [1.54, 1.807) is 13.0 Å². The van der Waals surface area contributed by atoms with Crippen molar-refractivity contribution in [1.29, 1.82) is 5.26 Å². The number of alkyl halides is 3. The van der Waals surface area contributed by atoms with Crippen LogP contribution in [0.3, 0.4) is 0 Å². The summed E-state index contributed by atoms with van der Waals surface area (Å²) in [5, 5.41) is 8.55. The van der Waals surface area contributed by atoms with Crippen LogP contribution in [0.25, 0.3) is 0 Å². The monoisotopic (exact) mass is 239 g/mol. The maximum absolute atomic E-state index is 11.7. The summed E-state index contributed by atoms with van der Waals surface area (Å²) < 4.78 is 43.8. The molecule has 0 aromatic rings. The lowest BCUT2D eigenvalue weighted by Crippen LogP contribution is -2.21. The van der Waals surface area contributed by atoms with Gasteiger partial charge >= 0.3 is 12.1 Å². The maximum atomic E-state index is 11.7. The van der Waals surface area contributed by atoms with Gasteiger partial charge in [0.1, 0.15) is 12.5 Å². The Hall–Kier alpha value is -1.29. The molecule has 16 heavy (non-hydrogen) atoms. The van der Waals surface area contributed by atoms with Crippen LogP contribution >= 0.6 is 0 Å². The zero-order chi connectivity index (χ0) is 12.6. The smallest absolute Gasteiger partial charge is 0.411 e. The van der Waals surface area contributed by atoms with Crippen molar-refractivity contribution in [2.45, 2.75) is 19.5 Å². The molecule has 0 aliphatic carbocycles. The third-order valence-corrected chi connectivity index (χ3v) is 1.54. The molecule has 0 aliphatic rings. The van der Waals surface area contributed by atoms with Gasteiger partial charge in [-0.1, -0.05) is 0 Å². The van der Waals surface area contributed by atoms with Gasteiger partial charge < -0.3 is 9.47 Å². The number of carbonyl (C=O) groups excluding carboxylic acids is 1. The Morgan fingerprint density at radius 3 is 2.56 bits per heavy atom. The topological polar surface area (TPSA) is 59.3 Å². The number of esters is 1. The molecule has 0 saturated carbocycles. The molecule has 0 spiro atoms. The zero-order valence-corrected chi connectivity index (χ0v) is 8.71. The van der Waals surface area contributed by atoms with Crippen LogP contribution in [0.15, 0.2) is 0 Å². The Labute approximate surface area is 90.9 Å². The molecule has 0 aromatic carbocycles. The number of hydrogen-bond acceptors (Lipinski definition) is 4. The average molecular weight is 239 g/mol. The van der Waals surface area contributed by atoms with E-state index in [4.69, 9.17) is 5.26 Å². The number of hydrogen-bond donors (Lipinski definition) is 0. The lowest BCUT2D eigenvalue weighted by atomic mass is 10.1. The first-order valence-corrected chi connectivity index (χ1v) is 4.61. The third-order valence-electron chi connectivity index (χ3n) is 1.54. The van der Waals surface area contributed by atoms with Gasteiger partial charge in [0.2, 0.25) is 0 Å². The number of nitriles is 1. The van der Waals surface area contributed by atoms with Crippen LogP contribution in [-0.2, 0) is 14.3 Å². The normalized spacial score (nSPS) is 12.9. The number of nitrogens with zero attached hydrogens (tertiary/aromatic N) is 1. The first-order valence-electron chi connectivity index (χ1n) is 4.61. The second kappa shape index (κ2) is 7.06. The molecule has 0 bridgehead atoms. The Kier molecular flexibility index (Phi) is 6.49. The van der Waals surface area contributed by atoms with Gasteiger partial charge in [-0.3, -0.25) is 4.79 Å². The SMILES string of the molecule is CCOC(=O)C(C#N)CCOCC(F)(F)F. The summed E-state index contributed by atoms with van der Waals surface area (Å²) in [5.41, 5.74) is 0. The van der Waals surface area contributed by atoms with Crippen LogP contribution in [0.2, 0.25) is 0 Å².